The van der Waals surface area contributed by atoms with Crippen LogP contribution in [0.25, 0.3) is 11.5 Å². The van der Waals surface area contributed by atoms with Crippen molar-refractivity contribution in [1.29, 1.82) is 0 Å². The van der Waals surface area contributed by atoms with Gasteiger partial charge >= 0.3 is 6.61 Å². The van der Waals surface area contributed by atoms with E-state index in [1.165, 1.54) is 36.7 Å². The molecule has 2 aromatic rings. The minimum absolute atomic E-state index is 0.0415. The highest BCUT2D eigenvalue weighted by Crippen LogP contribution is 2.25. The predicted molar refractivity (Wildman–Crippen MR) is 96.7 cm³/mol. The number of carbonyl (C=O) groups excluding carboxylic acids is 1. The molecule has 0 bridgehead atoms. The van der Waals surface area contributed by atoms with Crippen LogP contribution in [0.2, 0.25) is 0 Å². The first-order valence-corrected chi connectivity index (χ1v) is 9.89. The Morgan fingerprint density at radius 3 is 2.56 bits per heavy atom. The topological polar surface area (TPSA) is 77.2 Å². The lowest BCUT2D eigenvalue weighted by molar-refractivity contribution is -0.119. The molecule has 0 unspecified atom stereocenters. The van der Waals surface area contributed by atoms with Crippen LogP contribution in [-0.4, -0.2) is 34.5 Å². The molecule has 1 aliphatic carbocycles. The zero-order valence-corrected chi connectivity index (χ0v) is 15.5. The summed E-state index contributed by atoms with van der Waals surface area (Å²) in [5.74, 6) is 0.475. The summed E-state index contributed by atoms with van der Waals surface area (Å²) in [6.07, 6.45) is 6.86. The fourth-order valence-electron chi connectivity index (χ4n) is 2.98. The second kappa shape index (κ2) is 9.68. The highest BCUT2D eigenvalue weighted by molar-refractivity contribution is 7.99. The molecule has 9 heteroatoms. The standard InChI is InChI=1S/C18H21F2N3O3S/c19-17(20)25-14-9-7-12(8-10-14)16-22-23-18(26-16)27-11-15(24)21-13-5-3-1-2-4-6-13/h7-10,13,17H,1-6,11H2,(H,21,24). The number of nitrogens with one attached hydrogen (secondary N) is 1. The van der Waals surface area contributed by atoms with Gasteiger partial charge in [0, 0.05) is 11.6 Å². The molecule has 1 aromatic carbocycles. The Labute approximate surface area is 160 Å². The summed E-state index contributed by atoms with van der Waals surface area (Å²) in [5.41, 5.74) is 0.582. The zero-order valence-electron chi connectivity index (χ0n) is 14.7. The molecular weight excluding hydrogens is 376 g/mol. The minimum Gasteiger partial charge on any atom is -0.435 e. The van der Waals surface area contributed by atoms with Crippen LogP contribution in [0.3, 0.4) is 0 Å². The van der Waals surface area contributed by atoms with Crippen molar-refractivity contribution in [3.63, 3.8) is 0 Å². The van der Waals surface area contributed by atoms with Crippen molar-refractivity contribution in [1.82, 2.24) is 15.5 Å². The molecule has 1 aliphatic rings. The van der Waals surface area contributed by atoms with Crippen LogP contribution in [0.4, 0.5) is 8.78 Å². The lowest BCUT2D eigenvalue weighted by Gasteiger charge is -2.15. The van der Waals surface area contributed by atoms with Crippen LogP contribution in [-0.2, 0) is 4.79 Å². The van der Waals surface area contributed by atoms with Crippen molar-refractivity contribution in [2.75, 3.05) is 5.75 Å². The second-order valence-electron chi connectivity index (χ2n) is 6.32. The van der Waals surface area contributed by atoms with E-state index in [0.29, 0.717) is 5.56 Å². The van der Waals surface area contributed by atoms with Gasteiger partial charge in [0.15, 0.2) is 0 Å². The summed E-state index contributed by atoms with van der Waals surface area (Å²) in [4.78, 5) is 12.1. The molecule has 3 rings (SSSR count). The van der Waals surface area contributed by atoms with Crippen LogP contribution in [0.1, 0.15) is 38.5 Å². The third-order valence-electron chi connectivity index (χ3n) is 4.28. The first-order valence-electron chi connectivity index (χ1n) is 8.91. The predicted octanol–water partition coefficient (Wildman–Crippen LogP) is 4.27. The van der Waals surface area contributed by atoms with E-state index in [-0.39, 0.29) is 34.6 Å². The van der Waals surface area contributed by atoms with Gasteiger partial charge in [-0.15, -0.1) is 10.2 Å². The molecule has 0 radical (unpaired) electrons. The molecule has 0 aliphatic heterocycles. The third kappa shape index (κ3) is 6.20. The highest BCUT2D eigenvalue weighted by atomic mass is 32.2. The van der Waals surface area contributed by atoms with Gasteiger partial charge in [0.2, 0.25) is 11.8 Å². The van der Waals surface area contributed by atoms with Gasteiger partial charge < -0.3 is 14.5 Å². The van der Waals surface area contributed by atoms with Crippen molar-refractivity contribution in [2.24, 2.45) is 0 Å². The van der Waals surface area contributed by atoms with Crippen LogP contribution in [0, 0.1) is 0 Å². The SMILES string of the molecule is O=C(CSc1nnc(-c2ccc(OC(F)F)cc2)o1)NC1CCCCCC1. The first kappa shape index (κ1) is 19.6. The number of nitrogens with zero attached hydrogens (tertiary/aromatic N) is 2. The molecule has 1 aromatic heterocycles. The fraction of sp³-hybridized carbons (Fsp3) is 0.500. The van der Waals surface area contributed by atoms with Gasteiger partial charge in [-0.05, 0) is 37.1 Å². The molecule has 0 saturated heterocycles. The number of ether oxygens (including phenoxy) is 1. The van der Waals surface area contributed by atoms with Crippen LogP contribution in [0.5, 0.6) is 5.75 Å². The Morgan fingerprint density at radius 2 is 1.89 bits per heavy atom. The van der Waals surface area contributed by atoms with E-state index >= 15 is 0 Å². The van der Waals surface area contributed by atoms with Gasteiger partial charge in [-0.1, -0.05) is 37.4 Å². The average molecular weight is 397 g/mol. The van der Waals surface area contributed by atoms with Gasteiger partial charge in [-0.25, -0.2) is 0 Å². The quantitative estimate of drug-likeness (QED) is 0.555. The summed E-state index contributed by atoms with van der Waals surface area (Å²) in [6, 6.07) is 6.17. The Bertz CT molecular complexity index is 732. The average Bonchev–Trinajstić information content (AvgIpc) is 2.97. The molecule has 1 fully saturated rings. The van der Waals surface area contributed by atoms with E-state index in [2.05, 4.69) is 20.3 Å². The Hall–Kier alpha value is -2.16. The smallest absolute Gasteiger partial charge is 0.387 e. The Balaban J connectivity index is 1.49. The number of thioether (sulfide) groups is 1. The summed E-state index contributed by atoms with van der Waals surface area (Å²) in [7, 11) is 0. The van der Waals surface area contributed by atoms with E-state index in [1.807, 2.05) is 0 Å². The summed E-state index contributed by atoms with van der Waals surface area (Å²) >= 11 is 1.17. The van der Waals surface area contributed by atoms with E-state index in [1.54, 1.807) is 12.1 Å². The van der Waals surface area contributed by atoms with Crippen molar-refractivity contribution in [3.8, 4) is 17.2 Å². The number of aromatic nitrogens is 2. The van der Waals surface area contributed by atoms with E-state index < -0.39 is 6.61 Å². The van der Waals surface area contributed by atoms with Crippen molar-refractivity contribution < 1.29 is 22.7 Å². The molecular formula is C18H21F2N3O3S. The largest absolute Gasteiger partial charge is 0.435 e. The lowest BCUT2D eigenvalue weighted by Crippen LogP contribution is -2.35. The van der Waals surface area contributed by atoms with Gasteiger partial charge in [0.1, 0.15) is 5.75 Å². The lowest BCUT2D eigenvalue weighted by atomic mass is 10.1. The van der Waals surface area contributed by atoms with Crippen LogP contribution >= 0.6 is 11.8 Å². The number of alkyl halides is 2. The van der Waals surface area contributed by atoms with Crippen molar-refractivity contribution in [2.45, 2.75) is 56.4 Å². The van der Waals surface area contributed by atoms with Crippen LogP contribution < -0.4 is 10.1 Å². The monoisotopic (exact) mass is 397 g/mol. The number of rotatable bonds is 7. The minimum atomic E-state index is -2.87. The Kier molecular flexibility index (Phi) is 7.03. The molecule has 0 spiro atoms. The normalized spacial score (nSPS) is 15.5. The number of hydrogen-bond acceptors (Lipinski definition) is 6. The van der Waals surface area contributed by atoms with Gasteiger partial charge in [-0.3, -0.25) is 4.79 Å². The van der Waals surface area contributed by atoms with E-state index in [9.17, 15) is 13.6 Å². The third-order valence-corrected chi connectivity index (χ3v) is 5.10. The van der Waals surface area contributed by atoms with Gasteiger partial charge in [0.25, 0.3) is 5.22 Å². The van der Waals surface area contributed by atoms with E-state index in [0.717, 1.165) is 25.7 Å². The molecule has 146 valence electrons. The molecule has 1 amide bonds. The highest BCUT2D eigenvalue weighted by Gasteiger charge is 2.16. The molecule has 1 N–H and O–H groups in total. The molecule has 6 nitrogen and oxygen atoms in total. The molecule has 1 heterocycles. The molecule has 27 heavy (non-hydrogen) atoms. The second-order valence-corrected chi connectivity index (χ2v) is 7.25. The maximum atomic E-state index is 12.2. The maximum absolute atomic E-state index is 12.2. The van der Waals surface area contributed by atoms with E-state index in [4.69, 9.17) is 4.42 Å². The number of amides is 1. The maximum Gasteiger partial charge on any atom is 0.387 e. The number of hydrogen-bond donors (Lipinski definition) is 1. The van der Waals surface area contributed by atoms with Crippen LogP contribution in [0.15, 0.2) is 33.9 Å². The zero-order chi connectivity index (χ0) is 19.1. The van der Waals surface area contributed by atoms with Crippen molar-refractivity contribution >= 4 is 17.7 Å². The summed E-state index contributed by atoms with van der Waals surface area (Å²) < 4.78 is 34.2. The number of carbonyl (C=O) groups is 1. The molecule has 1 saturated carbocycles. The Morgan fingerprint density at radius 1 is 1.19 bits per heavy atom. The number of halogens is 2. The molecule has 0 atom stereocenters. The van der Waals surface area contributed by atoms with Gasteiger partial charge in [0.05, 0.1) is 5.75 Å². The number of benzene rings is 1. The first-order chi connectivity index (χ1) is 13.1. The summed E-state index contributed by atoms with van der Waals surface area (Å²) in [5, 5.41) is 11.2. The fourth-order valence-corrected chi connectivity index (χ4v) is 3.56. The van der Waals surface area contributed by atoms with Crippen molar-refractivity contribution in [3.05, 3.63) is 24.3 Å². The summed E-state index contributed by atoms with van der Waals surface area (Å²) in [6.45, 7) is -2.87. The van der Waals surface area contributed by atoms with Gasteiger partial charge in [-0.2, -0.15) is 8.78 Å².